The van der Waals surface area contributed by atoms with Gasteiger partial charge < -0.3 is 9.15 Å². The maximum absolute atomic E-state index is 11.2. The summed E-state index contributed by atoms with van der Waals surface area (Å²) in [5.41, 5.74) is 0.245. The molecule has 3 nitrogen and oxygen atoms in total. The minimum atomic E-state index is -0.375. The maximum Gasteiger partial charge on any atom is 0.337 e. The first-order chi connectivity index (χ1) is 7.24. The summed E-state index contributed by atoms with van der Waals surface area (Å²) in [4.78, 5) is 11.2. The Bertz CT molecular complexity index is 572. The van der Waals surface area contributed by atoms with Crippen LogP contribution < -0.4 is 10.4 Å². The van der Waals surface area contributed by atoms with Crippen molar-refractivity contribution in [3.8, 4) is 5.75 Å². The van der Waals surface area contributed by atoms with E-state index in [1.54, 1.807) is 13.2 Å². The fourth-order valence-electron chi connectivity index (χ4n) is 1.34. The van der Waals surface area contributed by atoms with Crippen LogP contribution in [0.1, 0.15) is 0 Å². The predicted molar refractivity (Wildman–Crippen MR) is 68.9 cm³/mol. The van der Waals surface area contributed by atoms with E-state index in [-0.39, 0.29) is 26.4 Å². The number of benzene rings is 1. The normalized spacial score (nSPS) is 10.5. The highest BCUT2D eigenvalue weighted by Gasteiger charge is 2.04. The van der Waals surface area contributed by atoms with Gasteiger partial charge in [0.05, 0.1) is 7.11 Å². The maximum atomic E-state index is 11.2. The van der Waals surface area contributed by atoms with Crippen molar-refractivity contribution in [2.75, 3.05) is 7.11 Å². The standard InChI is InChI=1S/C11H9IO3/c1-12-9-6-11(13)15-10-5-7(14-2)3-4-8(9)10/h3-6H,1H2,2H3. The molecule has 4 heteroatoms. The van der Waals surface area contributed by atoms with Crippen molar-refractivity contribution < 1.29 is 9.15 Å². The van der Waals surface area contributed by atoms with Crippen LogP contribution in [0.3, 0.4) is 0 Å². The number of hydrogen-bond acceptors (Lipinski definition) is 3. The second-order valence-electron chi connectivity index (χ2n) is 2.91. The Morgan fingerprint density at radius 1 is 1.40 bits per heavy atom. The quantitative estimate of drug-likeness (QED) is 0.631. The summed E-state index contributed by atoms with van der Waals surface area (Å²) in [6, 6.07) is 7.00. The van der Waals surface area contributed by atoms with E-state index >= 15 is 0 Å². The van der Waals surface area contributed by atoms with Crippen molar-refractivity contribution in [1.82, 2.24) is 0 Å². The van der Waals surface area contributed by atoms with E-state index in [4.69, 9.17) is 9.15 Å². The van der Waals surface area contributed by atoms with Gasteiger partial charge in [-0.15, -0.1) is 0 Å². The van der Waals surface area contributed by atoms with E-state index in [0.29, 0.717) is 11.3 Å². The molecule has 78 valence electrons. The van der Waals surface area contributed by atoms with Crippen LogP contribution in [0.2, 0.25) is 0 Å². The Hall–Kier alpha value is -1.17. The van der Waals surface area contributed by atoms with E-state index in [0.717, 1.165) is 8.96 Å². The molecule has 0 spiro atoms. The van der Waals surface area contributed by atoms with Crippen molar-refractivity contribution in [3.05, 3.63) is 38.3 Å². The van der Waals surface area contributed by atoms with Gasteiger partial charge >= 0.3 is 5.63 Å². The van der Waals surface area contributed by atoms with Gasteiger partial charge in [0.2, 0.25) is 0 Å². The van der Waals surface area contributed by atoms with Gasteiger partial charge in [0, 0.05) is 21.1 Å². The van der Waals surface area contributed by atoms with Crippen molar-refractivity contribution in [1.29, 1.82) is 0 Å². The SMILES string of the molecule is C=Ic1cc(=O)oc2cc(OC)ccc12. The molecule has 15 heavy (non-hydrogen) atoms. The highest BCUT2D eigenvalue weighted by molar-refractivity contribution is 14.2. The Morgan fingerprint density at radius 3 is 2.87 bits per heavy atom. The fraction of sp³-hybridized carbons (Fsp3) is 0.0909. The van der Waals surface area contributed by atoms with Crippen LogP contribution in [0.25, 0.3) is 11.0 Å². The number of rotatable bonds is 2. The number of ether oxygens (including phenoxy) is 1. The van der Waals surface area contributed by atoms with Gasteiger partial charge in [-0.25, -0.2) is 4.79 Å². The van der Waals surface area contributed by atoms with Crippen LogP contribution in [0, 0.1) is 3.57 Å². The Kier molecular flexibility index (Phi) is 2.86. The molecule has 1 aromatic heterocycles. The largest absolute Gasteiger partial charge is 0.497 e. The first kappa shape index (κ1) is 10.4. The Balaban J connectivity index is 2.83. The smallest absolute Gasteiger partial charge is 0.337 e. The monoisotopic (exact) mass is 316 g/mol. The molecular weight excluding hydrogens is 307 g/mol. The molecule has 1 aromatic carbocycles. The van der Waals surface area contributed by atoms with Crippen molar-refractivity contribution >= 4 is 36.2 Å². The van der Waals surface area contributed by atoms with Crippen molar-refractivity contribution in [2.45, 2.75) is 0 Å². The molecule has 0 unspecified atom stereocenters. The summed E-state index contributed by atoms with van der Waals surface area (Å²) in [5.74, 6) is 0.685. The van der Waals surface area contributed by atoms with Gasteiger partial charge in [0.25, 0.3) is 0 Å². The zero-order valence-electron chi connectivity index (χ0n) is 8.12. The Labute approximate surface area is 96.4 Å². The average molecular weight is 316 g/mol. The van der Waals surface area contributed by atoms with Gasteiger partial charge in [0.15, 0.2) is 0 Å². The average Bonchev–Trinajstić information content (AvgIpc) is 2.26. The van der Waals surface area contributed by atoms with E-state index in [9.17, 15) is 4.79 Å². The van der Waals surface area contributed by atoms with E-state index in [1.165, 1.54) is 6.07 Å². The van der Waals surface area contributed by atoms with E-state index in [2.05, 4.69) is 4.51 Å². The molecule has 0 bridgehead atoms. The molecule has 0 fully saturated rings. The van der Waals surface area contributed by atoms with E-state index < -0.39 is 0 Å². The first-order valence-electron chi connectivity index (χ1n) is 4.25. The van der Waals surface area contributed by atoms with Gasteiger partial charge in [-0.1, -0.05) is 25.2 Å². The van der Waals surface area contributed by atoms with Gasteiger partial charge in [-0.2, -0.15) is 0 Å². The van der Waals surface area contributed by atoms with Crippen LogP contribution in [0.15, 0.2) is 33.5 Å². The molecule has 0 aliphatic heterocycles. The predicted octanol–water partition coefficient (Wildman–Crippen LogP) is 2.37. The highest BCUT2D eigenvalue weighted by Crippen LogP contribution is 2.24. The fourth-order valence-corrected chi connectivity index (χ4v) is 2.67. The zero-order valence-corrected chi connectivity index (χ0v) is 10.3. The molecule has 2 rings (SSSR count). The molecule has 0 saturated heterocycles. The molecule has 1 heterocycles. The minimum absolute atomic E-state index is 0.325. The van der Waals surface area contributed by atoms with Gasteiger partial charge in [-0.05, 0) is 12.1 Å². The second kappa shape index (κ2) is 4.14. The van der Waals surface area contributed by atoms with Crippen LogP contribution in [-0.4, -0.2) is 11.6 Å². The molecule has 0 aliphatic rings. The molecular formula is C11H9IO3. The van der Waals surface area contributed by atoms with Crippen molar-refractivity contribution in [2.24, 2.45) is 0 Å². The number of hydrogen-bond donors (Lipinski definition) is 0. The summed E-state index contributed by atoms with van der Waals surface area (Å²) < 4.78 is 15.1. The highest BCUT2D eigenvalue weighted by atomic mass is 127. The molecule has 0 aliphatic carbocycles. The molecule has 0 atom stereocenters. The third-order valence-electron chi connectivity index (χ3n) is 2.05. The summed E-state index contributed by atoms with van der Waals surface area (Å²) >= 11 is -0.375. The third-order valence-corrected chi connectivity index (χ3v) is 3.76. The van der Waals surface area contributed by atoms with Crippen LogP contribution in [0.5, 0.6) is 5.75 Å². The Morgan fingerprint density at radius 2 is 2.20 bits per heavy atom. The number of fused-ring (bicyclic) bond motifs is 1. The second-order valence-corrected chi connectivity index (χ2v) is 4.83. The third kappa shape index (κ3) is 1.94. The van der Waals surface area contributed by atoms with Crippen molar-refractivity contribution in [3.63, 3.8) is 0 Å². The summed E-state index contributed by atoms with van der Waals surface area (Å²) in [5, 5.41) is 0.957. The van der Waals surface area contributed by atoms with Gasteiger partial charge in [0.1, 0.15) is 11.3 Å². The lowest BCUT2D eigenvalue weighted by Gasteiger charge is -2.02. The summed E-state index contributed by atoms with van der Waals surface area (Å²) in [6.07, 6.45) is 0. The number of methoxy groups -OCH3 is 1. The minimum Gasteiger partial charge on any atom is -0.497 e. The number of halogens is 1. The first-order valence-corrected chi connectivity index (χ1v) is 6.85. The molecule has 2 aromatic rings. The zero-order chi connectivity index (χ0) is 10.8. The van der Waals surface area contributed by atoms with E-state index in [1.807, 2.05) is 12.1 Å². The van der Waals surface area contributed by atoms with Crippen LogP contribution >= 0.6 is 20.7 Å². The molecule has 0 saturated carbocycles. The van der Waals surface area contributed by atoms with Gasteiger partial charge in [-0.3, -0.25) is 0 Å². The lowest BCUT2D eigenvalue weighted by Crippen LogP contribution is -1.98. The lowest BCUT2D eigenvalue weighted by molar-refractivity contribution is 0.414. The van der Waals surface area contributed by atoms with Crippen LogP contribution in [-0.2, 0) is 0 Å². The molecule has 0 N–H and O–H groups in total. The topological polar surface area (TPSA) is 39.4 Å². The molecule has 0 amide bonds. The summed E-state index contributed by atoms with van der Waals surface area (Å²) in [7, 11) is 1.58. The molecule has 0 radical (unpaired) electrons. The van der Waals surface area contributed by atoms with Crippen LogP contribution in [0.4, 0.5) is 0 Å². The summed E-state index contributed by atoms with van der Waals surface area (Å²) in [6.45, 7) is 0. The lowest BCUT2D eigenvalue weighted by atomic mass is 10.2.